The molecule has 16 heavy (non-hydrogen) atoms. The molecule has 2 aromatic rings. The Morgan fingerprint density at radius 2 is 2.44 bits per heavy atom. The van der Waals surface area contributed by atoms with E-state index in [0.717, 1.165) is 0 Å². The van der Waals surface area contributed by atoms with Gasteiger partial charge >= 0.3 is 0 Å². The van der Waals surface area contributed by atoms with Crippen molar-refractivity contribution in [1.82, 2.24) is 14.5 Å². The number of imidazole rings is 1. The van der Waals surface area contributed by atoms with E-state index >= 15 is 0 Å². The summed E-state index contributed by atoms with van der Waals surface area (Å²) in [5.41, 5.74) is 0.111. The average Bonchev–Trinajstić information content (AvgIpc) is 2.77. The van der Waals surface area contributed by atoms with E-state index in [2.05, 4.69) is 9.97 Å². The van der Waals surface area contributed by atoms with Gasteiger partial charge in [-0.1, -0.05) is 0 Å². The van der Waals surface area contributed by atoms with E-state index in [1.807, 2.05) is 6.92 Å². The van der Waals surface area contributed by atoms with Crippen molar-refractivity contribution in [2.45, 2.75) is 19.6 Å². The Labute approximate surface area is 92.4 Å². The molecule has 0 aliphatic rings. The van der Waals surface area contributed by atoms with Crippen LogP contribution in [0.2, 0.25) is 0 Å². The van der Waals surface area contributed by atoms with Crippen molar-refractivity contribution in [3.8, 4) is 0 Å². The maximum Gasteiger partial charge on any atom is 0.187 e. The molecule has 0 radical (unpaired) electrons. The molecule has 5 heteroatoms. The van der Waals surface area contributed by atoms with Crippen LogP contribution in [0, 0.1) is 0 Å². The number of hydrogen-bond acceptors (Lipinski definition) is 3. The SMILES string of the molecule is CCn1ccnc1C(O)c1c[nH]ccc1=O. The lowest BCUT2D eigenvalue weighted by Crippen LogP contribution is -2.17. The summed E-state index contributed by atoms with van der Waals surface area (Å²) in [5, 5.41) is 10.1. The Bertz CT molecular complexity index is 530. The second-order valence-electron chi connectivity index (χ2n) is 3.44. The minimum atomic E-state index is -0.986. The molecule has 0 aliphatic heterocycles. The van der Waals surface area contributed by atoms with Crippen LogP contribution >= 0.6 is 0 Å². The summed E-state index contributed by atoms with van der Waals surface area (Å²) in [6.45, 7) is 2.66. The third-order valence-electron chi connectivity index (χ3n) is 2.48. The Balaban J connectivity index is 2.43. The smallest absolute Gasteiger partial charge is 0.187 e. The van der Waals surface area contributed by atoms with Crippen molar-refractivity contribution in [2.75, 3.05) is 0 Å². The second kappa shape index (κ2) is 4.32. The highest BCUT2D eigenvalue weighted by Crippen LogP contribution is 2.16. The molecule has 0 spiro atoms. The normalized spacial score (nSPS) is 12.6. The quantitative estimate of drug-likeness (QED) is 0.797. The average molecular weight is 219 g/mol. The third-order valence-corrected chi connectivity index (χ3v) is 2.48. The van der Waals surface area contributed by atoms with E-state index < -0.39 is 6.10 Å². The van der Waals surface area contributed by atoms with Crippen LogP contribution in [0.4, 0.5) is 0 Å². The van der Waals surface area contributed by atoms with Gasteiger partial charge in [-0.15, -0.1) is 0 Å². The molecule has 2 rings (SSSR count). The van der Waals surface area contributed by atoms with Crippen molar-refractivity contribution in [2.24, 2.45) is 0 Å². The van der Waals surface area contributed by atoms with E-state index in [0.29, 0.717) is 17.9 Å². The van der Waals surface area contributed by atoms with Gasteiger partial charge < -0.3 is 14.7 Å². The van der Waals surface area contributed by atoms with Gasteiger partial charge in [-0.05, 0) is 6.92 Å². The van der Waals surface area contributed by atoms with Gasteiger partial charge in [0.05, 0.1) is 5.56 Å². The van der Waals surface area contributed by atoms with Gasteiger partial charge in [0.15, 0.2) is 5.43 Å². The maximum atomic E-state index is 11.5. The number of nitrogens with zero attached hydrogens (tertiary/aromatic N) is 2. The van der Waals surface area contributed by atoms with Crippen LogP contribution < -0.4 is 5.43 Å². The number of pyridine rings is 1. The van der Waals surface area contributed by atoms with Crippen molar-refractivity contribution in [1.29, 1.82) is 0 Å². The van der Waals surface area contributed by atoms with Crippen LogP contribution in [0.15, 0.2) is 35.6 Å². The first-order valence-corrected chi connectivity index (χ1v) is 5.10. The lowest BCUT2D eigenvalue weighted by Gasteiger charge is -2.11. The number of H-pyrrole nitrogens is 1. The monoisotopic (exact) mass is 219 g/mol. The molecule has 0 bridgehead atoms. The molecule has 1 atom stereocenters. The Hall–Kier alpha value is -1.88. The molecule has 2 heterocycles. The topological polar surface area (TPSA) is 70.9 Å². The molecule has 1 unspecified atom stereocenters. The summed E-state index contributed by atoms with van der Waals surface area (Å²) in [5.74, 6) is 0.485. The zero-order chi connectivity index (χ0) is 11.5. The maximum absolute atomic E-state index is 11.5. The van der Waals surface area contributed by atoms with Crippen LogP contribution in [0.3, 0.4) is 0 Å². The highest BCUT2D eigenvalue weighted by Gasteiger charge is 2.17. The lowest BCUT2D eigenvalue weighted by atomic mass is 10.1. The highest BCUT2D eigenvalue weighted by atomic mass is 16.3. The summed E-state index contributed by atoms with van der Waals surface area (Å²) in [6, 6.07) is 1.39. The minimum Gasteiger partial charge on any atom is -0.380 e. The molecule has 0 saturated heterocycles. The van der Waals surface area contributed by atoms with Gasteiger partial charge in [-0.25, -0.2) is 4.98 Å². The summed E-state index contributed by atoms with van der Waals surface area (Å²) in [7, 11) is 0. The summed E-state index contributed by atoms with van der Waals surface area (Å²) < 4.78 is 1.80. The number of aromatic amines is 1. The van der Waals surface area contributed by atoms with Crippen LogP contribution in [-0.4, -0.2) is 19.6 Å². The van der Waals surface area contributed by atoms with Crippen LogP contribution in [-0.2, 0) is 6.54 Å². The number of aliphatic hydroxyl groups excluding tert-OH is 1. The first kappa shape index (κ1) is 10.6. The lowest BCUT2D eigenvalue weighted by molar-refractivity contribution is 0.203. The van der Waals surface area contributed by atoms with Crippen molar-refractivity contribution >= 4 is 0 Å². The van der Waals surface area contributed by atoms with Gasteiger partial charge in [0.2, 0.25) is 0 Å². The molecule has 0 aliphatic carbocycles. The number of rotatable bonds is 3. The van der Waals surface area contributed by atoms with E-state index in [1.54, 1.807) is 17.0 Å². The zero-order valence-corrected chi connectivity index (χ0v) is 8.92. The van der Waals surface area contributed by atoms with Gasteiger partial charge in [0, 0.05) is 37.4 Å². The molecule has 0 amide bonds. The molecule has 0 aromatic carbocycles. The van der Waals surface area contributed by atoms with Crippen LogP contribution in [0.5, 0.6) is 0 Å². The van der Waals surface area contributed by atoms with Crippen molar-refractivity contribution in [3.05, 3.63) is 52.5 Å². The zero-order valence-electron chi connectivity index (χ0n) is 8.92. The fourth-order valence-corrected chi connectivity index (χ4v) is 1.62. The van der Waals surface area contributed by atoms with Gasteiger partial charge in [0.1, 0.15) is 11.9 Å². The minimum absolute atomic E-state index is 0.197. The van der Waals surface area contributed by atoms with Crippen molar-refractivity contribution < 1.29 is 5.11 Å². The number of aromatic nitrogens is 3. The fourth-order valence-electron chi connectivity index (χ4n) is 1.62. The predicted octanol–water partition coefficient (Wildman–Crippen LogP) is 0.673. The Morgan fingerprint density at radius 1 is 1.62 bits per heavy atom. The first-order valence-electron chi connectivity index (χ1n) is 5.10. The molecular formula is C11H13N3O2. The largest absolute Gasteiger partial charge is 0.380 e. The predicted molar refractivity (Wildman–Crippen MR) is 59.0 cm³/mol. The van der Waals surface area contributed by atoms with Crippen LogP contribution in [0.25, 0.3) is 0 Å². The molecule has 84 valence electrons. The van der Waals surface area contributed by atoms with Crippen molar-refractivity contribution in [3.63, 3.8) is 0 Å². The summed E-state index contributed by atoms with van der Waals surface area (Å²) in [6.07, 6.45) is 5.43. The standard InChI is InChI=1S/C11H13N3O2/c1-2-14-6-5-13-11(14)10(16)8-7-12-4-3-9(8)15/h3-7,10,16H,2H2,1H3,(H,12,15). The van der Waals surface area contributed by atoms with E-state index in [-0.39, 0.29) is 5.43 Å². The van der Waals surface area contributed by atoms with E-state index in [4.69, 9.17) is 0 Å². The number of nitrogens with one attached hydrogen (secondary N) is 1. The molecule has 2 aromatic heterocycles. The number of hydrogen-bond donors (Lipinski definition) is 2. The molecule has 2 N–H and O–H groups in total. The number of aryl methyl sites for hydroxylation is 1. The van der Waals surface area contributed by atoms with Gasteiger partial charge in [0.25, 0.3) is 0 Å². The van der Waals surface area contributed by atoms with E-state index in [1.165, 1.54) is 18.5 Å². The summed E-state index contributed by atoms with van der Waals surface area (Å²) in [4.78, 5) is 18.4. The second-order valence-corrected chi connectivity index (χ2v) is 3.44. The van der Waals surface area contributed by atoms with Gasteiger partial charge in [-0.2, -0.15) is 0 Å². The van der Waals surface area contributed by atoms with Gasteiger partial charge in [-0.3, -0.25) is 4.79 Å². The first-order chi connectivity index (χ1) is 7.74. The summed E-state index contributed by atoms with van der Waals surface area (Å²) >= 11 is 0. The molecule has 0 saturated carbocycles. The molecule has 5 nitrogen and oxygen atoms in total. The molecule has 0 fully saturated rings. The third kappa shape index (κ3) is 1.77. The number of aliphatic hydroxyl groups is 1. The fraction of sp³-hybridized carbons (Fsp3) is 0.273. The Kier molecular flexibility index (Phi) is 2.87. The Morgan fingerprint density at radius 3 is 3.12 bits per heavy atom. The highest BCUT2D eigenvalue weighted by molar-refractivity contribution is 5.19. The van der Waals surface area contributed by atoms with E-state index in [9.17, 15) is 9.90 Å². The van der Waals surface area contributed by atoms with Crippen LogP contribution in [0.1, 0.15) is 24.4 Å². The molecular weight excluding hydrogens is 206 g/mol.